The van der Waals surface area contributed by atoms with Gasteiger partial charge in [-0.25, -0.2) is 0 Å². The molecule has 0 atom stereocenters. The molecule has 2 aromatic heterocycles. The van der Waals surface area contributed by atoms with Crippen molar-refractivity contribution in [2.75, 3.05) is 6.61 Å². The van der Waals surface area contributed by atoms with Crippen LogP contribution in [0.15, 0.2) is 51.9 Å². The maximum absolute atomic E-state index is 12.1. The number of ketones is 1. The van der Waals surface area contributed by atoms with Crippen molar-refractivity contribution in [1.82, 2.24) is 4.98 Å². The Morgan fingerprint density at radius 2 is 2.21 bits per heavy atom. The molecule has 0 unspecified atom stereocenters. The van der Waals surface area contributed by atoms with Crippen molar-refractivity contribution in [2.24, 2.45) is 0 Å². The molecule has 0 saturated carbocycles. The number of rotatable bonds is 5. The molecule has 0 aliphatic carbocycles. The third-order valence-corrected chi connectivity index (χ3v) is 4.14. The van der Waals surface area contributed by atoms with E-state index in [1.54, 1.807) is 18.2 Å². The van der Waals surface area contributed by atoms with Gasteiger partial charge in [0.05, 0.1) is 22.1 Å². The second-order valence-corrected chi connectivity index (χ2v) is 6.00. The summed E-state index contributed by atoms with van der Waals surface area (Å²) in [5.74, 6) is 0.695. The Morgan fingerprint density at radius 3 is 2.96 bits per heavy atom. The number of furan rings is 1. The minimum Gasteiger partial charge on any atom is -0.494 e. The zero-order valence-corrected chi connectivity index (χ0v) is 13.8. The minimum atomic E-state index is -0.289. The van der Waals surface area contributed by atoms with E-state index in [4.69, 9.17) is 9.15 Å². The van der Waals surface area contributed by atoms with E-state index in [1.165, 1.54) is 23.7 Å². The molecular weight excluding hydrogens is 326 g/mol. The molecule has 0 amide bonds. The average Bonchev–Trinajstić information content (AvgIpc) is 3.19. The van der Waals surface area contributed by atoms with Crippen LogP contribution in [0.5, 0.6) is 5.75 Å². The van der Waals surface area contributed by atoms with Gasteiger partial charge in [0.1, 0.15) is 5.75 Å². The van der Waals surface area contributed by atoms with Crippen LogP contribution in [0.2, 0.25) is 0 Å². The van der Waals surface area contributed by atoms with Crippen LogP contribution in [0.3, 0.4) is 0 Å². The lowest BCUT2D eigenvalue weighted by molar-refractivity contribution is 0.103. The molecule has 122 valence electrons. The Hall–Kier alpha value is -2.86. The van der Waals surface area contributed by atoms with Crippen molar-refractivity contribution < 1.29 is 13.9 Å². The molecule has 0 spiro atoms. The zero-order chi connectivity index (χ0) is 16.9. The molecule has 1 N–H and O–H groups in total. The van der Waals surface area contributed by atoms with Crippen LogP contribution in [0.1, 0.15) is 23.0 Å². The summed E-state index contributed by atoms with van der Waals surface area (Å²) in [5.41, 5.74) is 0.623. The van der Waals surface area contributed by atoms with Gasteiger partial charge >= 0.3 is 0 Å². The van der Waals surface area contributed by atoms with Crippen molar-refractivity contribution in [1.29, 1.82) is 0 Å². The van der Waals surface area contributed by atoms with E-state index in [-0.39, 0.29) is 17.1 Å². The van der Waals surface area contributed by atoms with Gasteiger partial charge in [-0.2, -0.15) is 0 Å². The van der Waals surface area contributed by atoms with E-state index in [2.05, 4.69) is 4.98 Å². The van der Waals surface area contributed by atoms with Crippen LogP contribution >= 0.6 is 11.3 Å². The molecule has 2 heterocycles. The number of thiazole rings is 1. The van der Waals surface area contributed by atoms with Crippen LogP contribution in [0.4, 0.5) is 0 Å². The lowest BCUT2D eigenvalue weighted by Crippen LogP contribution is -2.20. The minimum absolute atomic E-state index is 0.235. The van der Waals surface area contributed by atoms with Crippen molar-refractivity contribution in [3.8, 4) is 5.75 Å². The van der Waals surface area contributed by atoms with Gasteiger partial charge in [0, 0.05) is 6.08 Å². The summed E-state index contributed by atoms with van der Waals surface area (Å²) >= 11 is 1.22. The molecule has 5 nitrogen and oxygen atoms in total. The molecule has 1 aromatic carbocycles. The molecule has 0 radical (unpaired) electrons. The first-order valence-electron chi connectivity index (χ1n) is 7.39. The van der Waals surface area contributed by atoms with Crippen LogP contribution in [0.25, 0.3) is 12.2 Å². The fourth-order valence-electron chi connectivity index (χ4n) is 2.15. The van der Waals surface area contributed by atoms with Crippen molar-refractivity contribution in [2.45, 2.75) is 6.92 Å². The molecule has 3 aromatic rings. The quantitative estimate of drug-likeness (QED) is 0.720. The molecule has 0 saturated heterocycles. The number of nitrogens with one attached hydrogen (secondary N) is 1. The van der Waals surface area contributed by atoms with Gasteiger partial charge in [0.25, 0.3) is 5.56 Å². The number of aromatic amines is 1. The number of carbonyl (C=O) groups excluding carboxylic acids is 1. The normalized spacial score (nSPS) is 12.5. The molecule has 0 bridgehead atoms. The summed E-state index contributed by atoms with van der Waals surface area (Å²) in [6, 6.07) is 10.7. The van der Waals surface area contributed by atoms with Crippen LogP contribution in [-0.4, -0.2) is 17.4 Å². The Labute approximate surface area is 141 Å². The van der Waals surface area contributed by atoms with Gasteiger partial charge < -0.3 is 14.1 Å². The van der Waals surface area contributed by atoms with Gasteiger partial charge in [-0.05, 0) is 42.8 Å². The highest BCUT2D eigenvalue weighted by molar-refractivity contribution is 7.07. The monoisotopic (exact) mass is 341 g/mol. The maximum Gasteiger partial charge on any atom is 0.266 e. The number of ether oxygens (including phenoxy) is 1. The van der Waals surface area contributed by atoms with Crippen LogP contribution < -0.4 is 19.5 Å². The second-order valence-electron chi connectivity index (χ2n) is 4.92. The molecule has 3 rings (SSSR count). The first kappa shape index (κ1) is 16.0. The zero-order valence-electron chi connectivity index (χ0n) is 12.9. The molecular formula is C18H15NO4S. The van der Waals surface area contributed by atoms with Gasteiger partial charge in [-0.3, -0.25) is 9.59 Å². The molecule has 6 heteroatoms. The highest BCUT2D eigenvalue weighted by Crippen LogP contribution is 2.13. The first-order chi connectivity index (χ1) is 11.7. The largest absolute Gasteiger partial charge is 0.494 e. The number of Topliss-reactive ketones (excluding diaryl/α,β-unsaturated/α-hetero) is 1. The molecule has 0 fully saturated rings. The van der Waals surface area contributed by atoms with Crippen molar-refractivity contribution in [3.05, 3.63) is 73.5 Å². The van der Waals surface area contributed by atoms with Gasteiger partial charge in [0.15, 0.2) is 5.76 Å². The number of hydrogen-bond donors (Lipinski definition) is 1. The van der Waals surface area contributed by atoms with Crippen molar-refractivity contribution >= 4 is 29.3 Å². The number of aromatic nitrogens is 1. The summed E-state index contributed by atoms with van der Waals surface area (Å²) in [5, 5.41) is 0. The third kappa shape index (κ3) is 3.72. The van der Waals surface area contributed by atoms with E-state index in [1.807, 2.05) is 31.2 Å². The number of H-pyrrole nitrogens is 1. The van der Waals surface area contributed by atoms with Gasteiger partial charge in [-0.1, -0.05) is 12.1 Å². The molecule has 0 aliphatic rings. The summed E-state index contributed by atoms with van der Waals surface area (Å²) in [7, 11) is 0. The predicted octanol–water partition coefficient (Wildman–Crippen LogP) is 1.92. The third-order valence-electron chi connectivity index (χ3n) is 3.17. The highest BCUT2D eigenvalue weighted by atomic mass is 32.1. The highest BCUT2D eigenvalue weighted by Gasteiger charge is 2.05. The van der Waals surface area contributed by atoms with Crippen LogP contribution in [-0.2, 0) is 0 Å². The fourth-order valence-corrected chi connectivity index (χ4v) is 3.03. The molecule has 0 aliphatic heterocycles. The maximum atomic E-state index is 12.1. The lowest BCUT2D eigenvalue weighted by atomic mass is 10.2. The van der Waals surface area contributed by atoms with E-state index < -0.39 is 0 Å². The summed E-state index contributed by atoms with van der Waals surface area (Å²) in [6.45, 7) is 2.50. The van der Waals surface area contributed by atoms with E-state index in [0.717, 1.165) is 11.3 Å². The Kier molecular flexibility index (Phi) is 4.77. The topological polar surface area (TPSA) is 72.3 Å². The number of benzene rings is 1. The first-order valence-corrected chi connectivity index (χ1v) is 8.20. The predicted molar refractivity (Wildman–Crippen MR) is 92.9 cm³/mol. The SMILES string of the molecule is CCOc1cccc(/C=c2\s/c(=C\C(=O)c3ccco3)[nH]c2=O)c1. The number of hydrogen-bond acceptors (Lipinski definition) is 5. The van der Waals surface area contributed by atoms with E-state index in [0.29, 0.717) is 15.8 Å². The summed E-state index contributed by atoms with van der Waals surface area (Å²) in [6.07, 6.45) is 4.56. The average molecular weight is 341 g/mol. The van der Waals surface area contributed by atoms with E-state index >= 15 is 0 Å². The van der Waals surface area contributed by atoms with Crippen molar-refractivity contribution in [3.63, 3.8) is 0 Å². The second kappa shape index (κ2) is 7.14. The Balaban J connectivity index is 1.96. The smallest absolute Gasteiger partial charge is 0.266 e. The molecule has 24 heavy (non-hydrogen) atoms. The summed E-state index contributed by atoms with van der Waals surface area (Å²) < 4.78 is 11.5. The van der Waals surface area contributed by atoms with Crippen LogP contribution in [0, 0.1) is 0 Å². The fraction of sp³-hybridized carbons (Fsp3) is 0.111. The Bertz CT molecular complexity index is 1010. The number of carbonyl (C=O) groups is 1. The van der Waals surface area contributed by atoms with E-state index in [9.17, 15) is 9.59 Å². The lowest BCUT2D eigenvalue weighted by Gasteiger charge is -2.02. The summed E-state index contributed by atoms with van der Waals surface area (Å²) in [4.78, 5) is 26.7. The van der Waals surface area contributed by atoms with Gasteiger partial charge in [-0.15, -0.1) is 11.3 Å². The Morgan fingerprint density at radius 1 is 1.33 bits per heavy atom. The standard InChI is InChI=1S/C18H15NO4S/c1-2-22-13-6-3-5-12(9-13)10-16-18(21)19-17(24-16)11-14(20)15-7-4-8-23-15/h3-11H,2H2,1H3,(H,19,21)/b16-10-,17-11-. The van der Waals surface area contributed by atoms with Gasteiger partial charge in [0.2, 0.25) is 5.78 Å².